The minimum atomic E-state index is -0.835. The van der Waals surface area contributed by atoms with Gasteiger partial charge in [-0.15, -0.1) is 0 Å². The molecule has 0 atom stereocenters. The quantitative estimate of drug-likeness (QED) is 0.763. The van der Waals surface area contributed by atoms with Gasteiger partial charge in [-0.2, -0.15) is 0 Å². The molecule has 0 saturated carbocycles. The molecular formula is C12H15NO2. The molecule has 0 spiro atoms. The maximum absolute atomic E-state index is 11.1. The van der Waals surface area contributed by atoms with Gasteiger partial charge in [0.05, 0.1) is 5.56 Å². The fourth-order valence-corrected chi connectivity index (χ4v) is 2.17. The molecule has 0 fully saturated rings. The zero-order chi connectivity index (χ0) is 11.2. The highest BCUT2D eigenvalue weighted by Gasteiger charge is 2.36. The summed E-state index contributed by atoms with van der Waals surface area (Å²) >= 11 is 0. The van der Waals surface area contributed by atoms with E-state index in [-0.39, 0.29) is 5.54 Å². The Morgan fingerprint density at radius 1 is 1.47 bits per heavy atom. The van der Waals surface area contributed by atoms with Gasteiger partial charge in [-0.25, -0.2) is 4.79 Å². The highest BCUT2D eigenvalue weighted by molar-refractivity contribution is 5.90. The second-order valence-corrected chi connectivity index (χ2v) is 4.55. The number of benzene rings is 1. The summed E-state index contributed by atoms with van der Waals surface area (Å²) in [6.45, 7) is 4.94. The van der Waals surface area contributed by atoms with Crippen LogP contribution in [0.1, 0.15) is 35.3 Å². The Balaban J connectivity index is 2.63. The van der Waals surface area contributed by atoms with Crippen LogP contribution in [0.5, 0.6) is 0 Å². The Kier molecular flexibility index (Phi) is 2.08. The van der Waals surface area contributed by atoms with E-state index < -0.39 is 5.97 Å². The van der Waals surface area contributed by atoms with Gasteiger partial charge in [-0.1, -0.05) is 12.1 Å². The number of aromatic carboxylic acids is 1. The number of hydrogen-bond donors (Lipinski definition) is 1. The first-order valence-corrected chi connectivity index (χ1v) is 5.01. The molecule has 1 aromatic rings. The first-order chi connectivity index (χ1) is 6.94. The van der Waals surface area contributed by atoms with Crippen molar-refractivity contribution in [1.82, 2.24) is 4.90 Å². The lowest BCUT2D eigenvalue weighted by molar-refractivity contribution is 0.0695. The van der Waals surface area contributed by atoms with Crippen LogP contribution in [0.4, 0.5) is 0 Å². The van der Waals surface area contributed by atoms with Gasteiger partial charge in [0, 0.05) is 12.1 Å². The van der Waals surface area contributed by atoms with Crippen molar-refractivity contribution in [3.05, 3.63) is 34.9 Å². The second kappa shape index (κ2) is 3.07. The molecule has 0 aliphatic carbocycles. The van der Waals surface area contributed by atoms with Crippen LogP contribution >= 0.6 is 0 Å². The highest BCUT2D eigenvalue weighted by atomic mass is 16.4. The molecule has 2 rings (SSSR count). The van der Waals surface area contributed by atoms with E-state index >= 15 is 0 Å². The van der Waals surface area contributed by atoms with E-state index in [2.05, 4.69) is 18.7 Å². The van der Waals surface area contributed by atoms with Crippen LogP contribution in [0.15, 0.2) is 18.2 Å². The average molecular weight is 205 g/mol. The number of nitrogens with zero attached hydrogens (tertiary/aromatic N) is 1. The summed E-state index contributed by atoms with van der Waals surface area (Å²) in [5, 5.41) is 9.09. The Morgan fingerprint density at radius 2 is 2.13 bits per heavy atom. The maximum atomic E-state index is 11.1. The molecule has 0 aromatic heterocycles. The van der Waals surface area contributed by atoms with E-state index in [0.717, 1.165) is 11.1 Å². The van der Waals surface area contributed by atoms with Gasteiger partial charge in [0.2, 0.25) is 0 Å². The van der Waals surface area contributed by atoms with Crippen LogP contribution in [0.25, 0.3) is 0 Å². The zero-order valence-electron chi connectivity index (χ0n) is 9.24. The van der Waals surface area contributed by atoms with Gasteiger partial charge in [-0.05, 0) is 38.1 Å². The largest absolute Gasteiger partial charge is 0.478 e. The number of carboxylic acids is 1. The third-order valence-corrected chi connectivity index (χ3v) is 3.42. The Labute approximate surface area is 89.3 Å². The number of carbonyl (C=O) groups is 1. The monoisotopic (exact) mass is 205 g/mol. The van der Waals surface area contributed by atoms with Crippen molar-refractivity contribution in [1.29, 1.82) is 0 Å². The molecule has 3 heteroatoms. The van der Waals surface area contributed by atoms with Crippen molar-refractivity contribution in [2.45, 2.75) is 25.9 Å². The van der Waals surface area contributed by atoms with Crippen LogP contribution in [0.3, 0.4) is 0 Å². The standard InChI is InChI=1S/C12H15NO2/c1-12(2)10-6-4-5-8(11(14)15)9(10)7-13(12)3/h4-6H,7H2,1-3H3,(H,14,15). The van der Waals surface area contributed by atoms with Crippen molar-refractivity contribution in [2.24, 2.45) is 0 Å². The van der Waals surface area contributed by atoms with Crippen molar-refractivity contribution < 1.29 is 9.90 Å². The van der Waals surface area contributed by atoms with Crippen molar-refractivity contribution in [3.8, 4) is 0 Å². The van der Waals surface area contributed by atoms with Crippen LogP contribution in [-0.2, 0) is 12.1 Å². The average Bonchev–Trinajstić information content (AvgIpc) is 2.38. The van der Waals surface area contributed by atoms with E-state index in [1.54, 1.807) is 6.07 Å². The van der Waals surface area contributed by atoms with Crippen molar-refractivity contribution >= 4 is 5.97 Å². The Hall–Kier alpha value is -1.35. The van der Waals surface area contributed by atoms with Gasteiger partial charge in [0.15, 0.2) is 0 Å². The summed E-state index contributed by atoms with van der Waals surface area (Å²) in [5.74, 6) is -0.835. The number of fused-ring (bicyclic) bond motifs is 1. The van der Waals surface area contributed by atoms with Gasteiger partial charge in [0.25, 0.3) is 0 Å². The predicted molar refractivity (Wildman–Crippen MR) is 57.9 cm³/mol. The van der Waals surface area contributed by atoms with Crippen LogP contribution < -0.4 is 0 Å². The third-order valence-electron chi connectivity index (χ3n) is 3.42. The number of hydrogen-bond acceptors (Lipinski definition) is 2. The molecule has 15 heavy (non-hydrogen) atoms. The fraction of sp³-hybridized carbons (Fsp3) is 0.417. The van der Waals surface area contributed by atoms with Crippen LogP contribution in [0, 0.1) is 0 Å². The van der Waals surface area contributed by atoms with Crippen molar-refractivity contribution in [2.75, 3.05) is 7.05 Å². The summed E-state index contributed by atoms with van der Waals surface area (Å²) in [4.78, 5) is 13.2. The SMILES string of the molecule is CN1Cc2c(C(=O)O)cccc2C1(C)C. The molecule has 0 unspecified atom stereocenters. The molecule has 0 bridgehead atoms. The van der Waals surface area contributed by atoms with Gasteiger partial charge < -0.3 is 5.11 Å². The maximum Gasteiger partial charge on any atom is 0.336 e. The first kappa shape index (κ1) is 10.2. The third kappa shape index (κ3) is 1.35. The van der Waals surface area contributed by atoms with Gasteiger partial charge in [-0.3, -0.25) is 4.90 Å². The lowest BCUT2D eigenvalue weighted by Crippen LogP contribution is -2.31. The smallest absolute Gasteiger partial charge is 0.336 e. The summed E-state index contributed by atoms with van der Waals surface area (Å²) in [6.07, 6.45) is 0. The molecule has 0 amide bonds. The molecule has 1 aliphatic heterocycles. The summed E-state index contributed by atoms with van der Waals surface area (Å²) in [6, 6.07) is 5.52. The highest BCUT2D eigenvalue weighted by Crippen LogP contribution is 2.38. The lowest BCUT2D eigenvalue weighted by Gasteiger charge is -2.28. The van der Waals surface area contributed by atoms with E-state index in [0.29, 0.717) is 12.1 Å². The van der Waals surface area contributed by atoms with Gasteiger partial charge in [0.1, 0.15) is 0 Å². The normalized spacial score (nSPS) is 18.9. The molecule has 0 saturated heterocycles. The van der Waals surface area contributed by atoms with E-state index in [1.165, 1.54) is 0 Å². The molecule has 1 aliphatic rings. The molecule has 1 aromatic carbocycles. The number of rotatable bonds is 1. The van der Waals surface area contributed by atoms with Crippen molar-refractivity contribution in [3.63, 3.8) is 0 Å². The van der Waals surface area contributed by atoms with Crippen LogP contribution in [-0.4, -0.2) is 23.0 Å². The van der Waals surface area contributed by atoms with E-state index in [4.69, 9.17) is 5.11 Å². The zero-order valence-corrected chi connectivity index (χ0v) is 9.24. The van der Waals surface area contributed by atoms with E-state index in [1.807, 2.05) is 19.2 Å². The fourth-order valence-electron chi connectivity index (χ4n) is 2.17. The van der Waals surface area contributed by atoms with Crippen LogP contribution in [0.2, 0.25) is 0 Å². The molecule has 1 N–H and O–H groups in total. The summed E-state index contributed by atoms with van der Waals surface area (Å²) in [5.41, 5.74) is 2.45. The lowest BCUT2D eigenvalue weighted by atomic mass is 9.92. The number of carboxylic acid groups (broad SMARTS) is 1. The minimum Gasteiger partial charge on any atom is -0.478 e. The summed E-state index contributed by atoms with van der Waals surface area (Å²) < 4.78 is 0. The molecule has 80 valence electrons. The molecule has 0 radical (unpaired) electrons. The molecule has 1 heterocycles. The van der Waals surface area contributed by atoms with E-state index in [9.17, 15) is 4.79 Å². The molecular weight excluding hydrogens is 190 g/mol. The minimum absolute atomic E-state index is 0.0687. The Morgan fingerprint density at radius 3 is 2.73 bits per heavy atom. The summed E-state index contributed by atoms with van der Waals surface area (Å²) in [7, 11) is 2.02. The molecule has 3 nitrogen and oxygen atoms in total. The first-order valence-electron chi connectivity index (χ1n) is 5.01. The predicted octanol–water partition coefficient (Wildman–Crippen LogP) is 2.07. The topological polar surface area (TPSA) is 40.5 Å². The van der Waals surface area contributed by atoms with Gasteiger partial charge >= 0.3 is 5.97 Å². The Bertz CT molecular complexity index is 424. The second-order valence-electron chi connectivity index (χ2n) is 4.55.